The summed E-state index contributed by atoms with van der Waals surface area (Å²) in [4.78, 5) is 25.0. The van der Waals surface area contributed by atoms with Crippen molar-refractivity contribution in [1.82, 2.24) is 10.9 Å². The van der Waals surface area contributed by atoms with Crippen molar-refractivity contribution >= 4 is 46.4 Å². The molecule has 3 aromatic rings. The third-order valence-corrected chi connectivity index (χ3v) is 5.52. The molecule has 3 rings (SSSR count). The first-order chi connectivity index (χ1) is 16.4. The normalized spacial score (nSPS) is 11.8. The van der Waals surface area contributed by atoms with Crippen LogP contribution in [0, 0.1) is 0 Å². The molecule has 0 aliphatic heterocycles. The molecule has 2 N–H and O–H groups in total. The Kier molecular flexibility index (Phi) is 8.96. The lowest BCUT2D eigenvalue weighted by Crippen LogP contribution is -2.21. The summed E-state index contributed by atoms with van der Waals surface area (Å²) in [5, 5.41) is 9.74. The van der Waals surface area contributed by atoms with Gasteiger partial charge in [0.1, 0.15) is 0 Å². The van der Waals surface area contributed by atoms with Crippen LogP contribution in [0.15, 0.2) is 83.0 Å². The third-order valence-electron chi connectivity index (χ3n) is 5.02. The molecule has 0 radical (unpaired) electrons. The zero-order chi connectivity index (χ0) is 24.5. The summed E-state index contributed by atoms with van der Waals surface area (Å²) in [7, 11) is 0. The van der Waals surface area contributed by atoms with E-state index in [9.17, 15) is 9.59 Å². The summed E-state index contributed by atoms with van der Waals surface area (Å²) < 4.78 is 0. The van der Waals surface area contributed by atoms with Crippen LogP contribution in [0.4, 0.5) is 0 Å². The first-order valence-corrected chi connectivity index (χ1v) is 11.5. The molecule has 0 fully saturated rings. The number of carbonyl (C=O) groups excluding carboxylic acids is 2. The minimum atomic E-state index is -0.374. The molecule has 0 unspecified atom stereocenters. The maximum atomic E-state index is 12.5. The number of hydrazone groups is 2. The molecule has 34 heavy (non-hydrogen) atoms. The van der Waals surface area contributed by atoms with E-state index >= 15 is 0 Å². The fourth-order valence-electron chi connectivity index (χ4n) is 3.12. The van der Waals surface area contributed by atoms with Crippen LogP contribution in [-0.2, 0) is 0 Å². The highest BCUT2D eigenvalue weighted by atomic mass is 35.5. The van der Waals surface area contributed by atoms with Gasteiger partial charge in [-0.3, -0.25) is 9.59 Å². The SMILES string of the molecule is CCC(=NNC(=O)c1ccc(C(=O)NN=C(CC)c2ccc(Cl)cc2)cc1)c1ccc(Cl)cc1. The van der Waals surface area contributed by atoms with Gasteiger partial charge in [0.05, 0.1) is 11.4 Å². The van der Waals surface area contributed by atoms with Gasteiger partial charge in [0.15, 0.2) is 0 Å². The van der Waals surface area contributed by atoms with Crippen molar-refractivity contribution in [3.8, 4) is 0 Å². The lowest BCUT2D eigenvalue weighted by atomic mass is 10.1. The molecule has 2 amide bonds. The summed E-state index contributed by atoms with van der Waals surface area (Å²) in [5.74, 6) is -0.748. The fourth-order valence-corrected chi connectivity index (χ4v) is 3.37. The Morgan fingerprint density at radius 3 is 1.18 bits per heavy atom. The first kappa shape index (κ1) is 25.1. The molecular formula is C26H24Cl2N4O2. The third kappa shape index (κ3) is 6.76. The molecular weight excluding hydrogens is 471 g/mol. The van der Waals surface area contributed by atoms with Gasteiger partial charge < -0.3 is 0 Å². The second-order valence-corrected chi connectivity index (χ2v) is 8.17. The molecule has 0 heterocycles. The van der Waals surface area contributed by atoms with E-state index in [1.54, 1.807) is 48.5 Å². The van der Waals surface area contributed by atoms with Crippen LogP contribution in [-0.4, -0.2) is 23.2 Å². The average Bonchev–Trinajstić information content (AvgIpc) is 2.86. The van der Waals surface area contributed by atoms with Gasteiger partial charge >= 0.3 is 0 Å². The number of amides is 2. The van der Waals surface area contributed by atoms with Crippen LogP contribution >= 0.6 is 23.2 Å². The summed E-state index contributed by atoms with van der Waals surface area (Å²) >= 11 is 11.9. The minimum Gasteiger partial charge on any atom is -0.267 e. The number of rotatable bonds is 8. The fraction of sp³-hybridized carbons (Fsp3) is 0.154. The number of hydrogen-bond acceptors (Lipinski definition) is 4. The van der Waals surface area contributed by atoms with Gasteiger partial charge in [-0.15, -0.1) is 0 Å². The molecule has 0 saturated carbocycles. The second-order valence-electron chi connectivity index (χ2n) is 7.30. The Labute approximate surface area is 208 Å². The number of benzene rings is 3. The largest absolute Gasteiger partial charge is 0.271 e. The van der Waals surface area contributed by atoms with E-state index in [2.05, 4.69) is 21.1 Å². The molecule has 8 heteroatoms. The molecule has 0 spiro atoms. The van der Waals surface area contributed by atoms with Crippen molar-refractivity contribution in [3.63, 3.8) is 0 Å². The maximum absolute atomic E-state index is 12.5. The van der Waals surface area contributed by atoms with Crippen molar-refractivity contribution in [2.45, 2.75) is 26.7 Å². The molecule has 6 nitrogen and oxygen atoms in total. The zero-order valence-electron chi connectivity index (χ0n) is 18.8. The van der Waals surface area contributed by atoms with E-state index in [0.717, 1.165) is 22.6 Å². The van der Waals surface area contributed by atoms with E-state index in [-0.39, 0.29) is 11.8 Å². The Balaban J connectivity index is 1.64. The maximum Gasteiger partial charge on any atom is 0.271 e. The van der Waals surface area contributed by atoms with Crippen molar-refractivity contribution in [1.29, 1.82) is 0 Å². The van der Waals surface area contributed by atoms with E-state index in [0.29, 0.717) is 34.0 Å². The Bertz CT molecular complexity index is 1110. The summed E-state index contributed by atoms with van der Waals surface area (Å²) in [6, 6.07) is 20.8. The number of carbonyl (C=O) groups is 2. The number of nitrogens with zero attached hydrogens (tertiary/aromatic N) is 2. The van der Waals surface area contributed by atoms with Crippen molar-refractivity contribution in [3.05, 3.63) is 105 Å². The number of nitrogens with one attached hydrogen (secondary N) is 2. The van der Waals surface area contributed by atoms with E-state index < -0.39 is 0 Å². The van der Waals surface area contributed by atoms with Gasteiger partial charge in [-0.05, 0) is 72.5 Å². The van der Waals surface area contributed by atoms with Crippen molar-refractivity contribution in [2.75, 3.05) is 0 Å². The van der Waals surface area contributed by atoms with E-state index in [4.69, 9.17) is 23.2 Å². The molecule has 0 aliphatic carbocycles. The van der Waals surface area contributed by atoms with Crippen LogP contribution in [0.2, 0.25) is 10.0 Å². The molecule has 0 atom stereocenters. The monoisotopic (exact) mass is 494 g/mol. The minimum absolute atomic E-state index is 0.374. The molecule has 0 aromatic heterocycles. The van der Waals surface area contributed by atoms with Crippen LogP contribution in [0.1, 0.15) is 58.5 Å². The highest BCUT2D eigenvalue weighted by Crippen LogP contribution is 2.13. The summed E-state index contributed by atoms with van der Waals surface area (Å²) in [6.45, 7) is 3.90. The Morgan fingerprint density at radius 2 is 0.882 bits per heavy atom. The van der Waals surface area contributed by atoms with Crippen LogP contribution in [0.3, 0.4) is 0 Å². The molecule has 0 bridgehead atoms. The first-order valence-electron chi connectivity index (χ1n) is 10.8. The van der Waals surface area contributed by atoms with E-state index in [1.807, 2.05) is 38.1 Å². The van der Waals surface area contributed by atoms with Crippen LogP contribution in [0.25, 0.3) is 0 Å². The molecule has 0 aliphatic rings. The second kappa shape index (κ2) is 12.1. The van der Waals surface area contributed by atoms with Gasteiger partial charge in [0.25, 0.3) is 11.8 Å². The summed E-state index contributed by atoms with van der Waals surface area (Å²) in [6.07, 6.45) is 1.27. The number of halogens is 2. The highest BCUT2D eigenvalue weighted by Gasteiger charge is 2.10. The predicted molar refractivity (Wildman–Crippen MR) is 138 cm³/mol. The van der Waals surface area contributed by atoms with Gasteiger partial charge in [-0.1, -0.05) is 61.3 Å². The van der Waals surface area contributed by atoms with Gasteiger partial charge in [-0.25, -0.2) is 10.9 Å². The van der Waals surface area contributed by atoms with Gasteiger partial charge in [0.2, 0.25) is 0 Å². The Hall–Kier alpha value is -3.48. The quantitative estimate of drug-likeness (QED) is 0.293. The predicted octanol–water partition coefficient (Wildman–Crippen LogP) is 6.08. The lowest BCUT2D eigenvalue weighted by molar-refractivity contribution is 0.0943. The zero-order valence-corrected chi connectivity index (χ0v) is 20.3. The highest BCUT2D eigenvalue weighted by molar-refractivity contribution is 6.31. The molecule has 0 saturated heterocycles. The average molecular weight is 495 g/mol. The van der Waals surface area contributed by atoms with E-state index in [1.165, 1.54) is 0 Å². The summed E-state index contributed by atoms with van der Waals surface area (Å²) in [5.41, 5.74) is 9.11. The number of hydrogen-bond donors (Lipinski definition) is 2. The molecule has 174 valence electrons. The van der Waals surface area contributed by atoms with Gasteiger partial charge in [0, 0.05) is 21.2 Å². The Morgan fingerprint density at radius 1 is 0.588 bits per heavy atom. The lowest BCUT2D eigenvalue weighted by Gasteiger charge is -2.07. The van der Waals surface area contributed by atoms with Crippen LogP contribution in [0.5, 0.6) is 0 Å². The van der Waals surface area contributed by atoms with Gasteiger partial charge in [-0.2, -0.15) is 10.2 Å². The van der Waals surface area contributed by atoms with Crippen LogP contribution < -0.4 is 10.9 Å². The van der Waals surface area contributed by atoms with Crippen molar-refractivity contribution in [2.24, 2.45) is 10.2 Å². The smallest absolute Gasteiger partial charge is 0.267 e. The standard InChI is InChI=1S/C26H24Cl2N4O2/c1-3-23(17-9-13-21(27)14-10-17)29-31-25(33)19-5-7-20(8-6-19)26(34)32-30-24(4-2)18-11-15-22(28)16-12-18/h5-16H,3-4H2,1-2H3,(H,31,33)(H,32,34). The van der Waals surface area contributed by atoms with Crippen molar-refractivity contribution < 1.29 is 9.59 Å². The molecule has 3 aromatic carbocycles. The topological polar surface area (TPSA) is 82.9 Å².